The Balaban J connectivity index is 1.59. The molecule has 2 N–H and O–H groups in total. The van der Waals surface area contributed by atoms with Gasteiger partial charge in [0.15, 0.2) is 22.9 Å². The third-order valence-electron chi connectivity index (χ3n) is 6.11. The van der Waals surface area contributed by atoms with Gasteiger partial charge in [0, 0.05) is 18.5 Å². The third-order valence-corrected chi connectivity index (χ3v) is 6.11. The van der Waals surface area contributed by atoms with Crippen LogP contribution in [0, 0.1) is 0 Å². The molecular weight excluding hydrogens is 426 g/mol. The van der Waals surface area contributed by atoms with Crippen molar-refractivity contribution in [1.82, 2.24) is 4.90 Å². The van der Waals surface area contributed by atoms with Crippen LogP contribution in [0.25, 0.3) is 11.0 Å². The van der Waals surface area contributed by atoms with E-state index >= 15 is 0 Å². The van der Waals surface area contributed by atoms with E-state index in [0.29, 0.717) is 28.9 Å². The molecule has 2 aliphatic heterocycles. The fourth-order valence-electron chi connectivity index (χ4n) is 4.56. The van der Waals surface area contributed by atoms with Crippen LogP contribution in [0.4, 0.5) is 0 Å². The van der Waals surface area contributed by atoms with Gasteiger partial charge in [-0.25, -0.2) is 0 Å². The van der Waals surface area contributed by atoms with E-state index in [1.54, 1.807) is 36.4 Å². The van der Waals surface area contributed by atoms with Crippen molar-refractivity contribution in [2.24, 2.45) is 0 Å². The van der Waals surface area contributed by atoms with Crippen molar-refractivity contribution < 1.29 is 33.7 Å². The summed E-state index contributed by atoms with van der Waals surface area (Å²) in [6, 6.07) is 12.3. The predicted octanol–water partition coefficient (Wildman–Crippen LogP) is 3.90. The first-order chi connectivity index (χ1) is 16.0. The molecule has 0 radical (unpaired) electrons. The Morgan fingerprint density at radius 2 is 2.00 bits per heavy atom. The number of Topliss-reactive ketones (excluding diaryl/α,β-unsaturated/α-hetero) is 1. The summed E-state index contributed by atoms with van der Waals surface area (Å²) in [6.45, 7) is 0.823. The number of hydrogen-bond acceptors (Lipinski definition) is 7. The number of furan rings is 1. The molecule has 33 heavy (non-hydrogen) atoms. The maximum Gasteiger partial charge on any atom is 0.290 e. The van der Waals surface area contributed by atoms with Crippen LogP contribution in [0.3, 0.4) is 0 Å². The Labute approximate surface area is 189 Å². The molecule has 2 aromatic carbocycles. The van der Waals surface area contributed by atoms with Gasteiger partial charge in [0.25, 0.3) is 5.91 Å². The molecule has 1 saturated heterocycles. The highest BCUT2D eigenvalue weighted by Gasteiger charge is 2.45. The maximum atomic E-state index is 13.6. The summed E-state index contributed by atoms with van der Waals surface area (Å²) in [4.78, 5) is 28.1. The number of aromatic hydroxyl groups is 1. The number of carbonyl (C=O) groups is 2. The van der Waals surface area contributed by atoms with Crippen molar-refractivity contribution in [2.75, 3.05) is 20.3 Å². The van der Waals surface area contributed by atoms with E-state index in [2.05, 4.69) is 0 Å². The number of ether oxygens (including phenoxy) is 2. The number of aliphatic hydroxyl groups is 1. The van der Waals surface area contributed by atoms with Crippen LogP contribution in [-0.2, 0) is 9.53 Å². The largest absolute Gasteiger partial charge is 0.508 e. The number of fused-ring (bicyclic) bond motifs is 1. The number of carbonyl (C=O) groups excluding carboxylic acids is 2. The second-order valence-corrected chi connectivity index (χ2v) is 8.17. The Morgan fingerprint density at radius 3 is 2.73 bits per heavy atom. The molecule has 0 spiro atoms. The summed E-state index contributed by atoms with van der Waals surface area (Å²) in [5.74, 6) is -1.45. The normalized spacial score (nSPS) is 20.8. The molecule has 0 saturated carbocycles. The van der Waals surface area contributed by atoms with E-state index in [9.17, 15) is 19.8 Å². The van der Waals surface area contributed by atoms with Crippen molar-refractivity contribution in [1.29, 1.82) is 0 Å². The number of amides is 1. The molecule has 8 heteroatoms. The minimum atomic E-state index is -0.892. The predicted molar refractivity (Wildman–Crippen MR) is 118 cm³/mol. The minimum Gasteiger partial charge on any atom is -0.508 e. The number of ketones is 1. The second-order valence-electron chi connectivity index (χ2n) is 8.17. The van der Waals surface area contributed by atoms with Crippen LogP contribution >= 0.6 is 0 Å². The van der Waals surface area contributed by atoms with Gasteiger partial charge < -0.3 is 29.0 Å². The molecule has 3 aromatic rings. The number of aliphatic hydroxyl groups excluding tert-OH is 1. The molecule has 1 amide bonds. The van der Waals surface area contributed by atoms with Crippen LogP contribution in [0.2, 0.25) is 0 Å². The Kier molecular flexibility index (Phi) is 5.30. The summed E-state index contributed by atoms with van der Waals surface area (Å²) in [5, 5.41) is 21.5. The second kappa shape index (κ2) is 8.29. The first-order valence-electron chi connectivity index (χ1n) is 10.7. The van der Waals surface area contributed by atoms with E-state index in [0.717, 1.165) is 12.8 Å². The van der Waals surface area contributed by atoms with E-state index < -0.39 is 23.5 Å². The minimum absolute atomic E-state index is 0.0105. The van der Waals surface area contributed by atoms with Crippen LogP contribution in [-0.4, -0.2) is 53.2 Å². The van der Waals surface area contributed by atoms with Crippen LogP contribution in [0.1, 0.15) is 35.0 Å². The number of hydrogen-bond donors (Lipinski definition) is 2. The summed E-state index contributed by atoms with van der Waals surface area (Å²) >= 11 is 0. The van der Waals surface area contributed by atoms with Crippen molar-refractivity contribution in [3.8, 4) is 11.5 Å². The van der Waals surface area contributed by atoms with Gasteiger partial charge >= 0.3 is 0 Å². The molecule has 3 heterocycles. The quantitative estimate of drug-likeness (QED) is 0.549. The molecule has 5 rings (SSSR count). The summed E-state index contributed by atoms with van der Waals surface area (Å²) in [7, 11) is 1.50. The number of nitrogens with zero attached hydrogens (tertiary/aromatic N) is 1. The lowest BCUT2D eigenvalue weighted by Crippen LogP contribution is -2.37. The van der Waals surface area contributed by atoms with Crippen LogP contribution in [0.15, 0.2) is 64.3 Å². The molecule has 0 aliphatic carbocycles. The number of phenolic OH excluding ortho intramolecular Hbond substituents is 1. The van der Waals surface area contributed by atoms with E-state index in [-0.39, 0.29) is 29.7 Å². The lowest BCUT2D eigenvalue weighted by atomic mass is 9.94. The maximum absolute atomic E-state index is 13.6. The monoisotopic (exact) mass is 449 g/mol. The Hall–Kier alpha value is -3.78. The van der Waals surface area contributed by atoms with Gasteiger partial charge in [-0.15, -0.1) is 0 Å². The number of phenols is 1. The molecular formula is C25H23NO7. The zero-order valence-electron chi connectivity index (χ0n) is 18.0. The number of rotatable bonds is 6. The van der Waals surface area contributed by atoms with Crippen LogP contribution in [0.5, 0.6) is 11.5 Å². The van der Waals surface area contributed by atoms with E-state index in [4.69, 9.17) is 13.9 Å². The van der Waals surface area contributed by atoms with Crippen molar-refractivity contribution >= 4 is 22.7 Å². The van der Waals surface area contributed by atoms with E-state index in [1.165, 1.54) is 24.1 Å². The Morgan fingerprint density at radius 1 is 1.18 bits per heavy atom. The molecule has 170 valence electrons. The highest BCUT2D eigenvalue weighted by Crippen LogP contribution is 2.41. The van der Waals surface area contributed by atoms with Gasteiger partial charge in [0.2, 0.25) is 5.78 Å². The highest BCUT2D eigenvalue weighted by molar-refractivity contribution is 6.16. The lowest BCUT2D eigenvalue weighted by molar-refractivity contribution is -0.131. The van der Waals surface area contributed by atoms with Gasteiger partial charge in [-0.3, -0.25) is 9.59 Å². The van der Waals surface area contributed by atoms with Gasteiger partial charge in [0.1, 0.15) is 5.75 Å². The molecule has 0 bridgehead atoms. The standard InChI is InChI=1S/C25H23NO7/c1-31-18-9-3-6-15-12-19(33-24(15)18)22(28)20-21(14-5-2-7-16(27)11-14)26(25(30)23(20)29)13-17-8-4-10-32-17/h2-3,5-7,9,11-12,17,21,27,29H,4,8,10,13H2,1H3. The number of methoxy groups -OCH3 is 1. The average Bonchev–Trinajstić information content (AvgIpc) is 3.54. The zero-order chi connectivity index (χ0) is 23.1. The van der Waals surface area contributed by atoms with Crippen molar-refractivity contribution in [2.45, 2.75) is 25.0 Å². The summed E-state index contributed by atoms with van der Waals surface area (Å²) in [5.41, 5.74) is 0.807. The molecule has 8 nitrogen and oxygen atoms in total. The fraction of sp³-hybridized carbons (Fsp3) is 0.280. The SMILES string of the molecule is COc1cccc2cc(C(=O)C3=C(O)C(=O)N(CC4CCCO4)C3c3cccc(O)c3)oc12. The molecule has 2 unspecified atom stereocenters. The molecule has 2 atom stereocenters. The topological polar surface area (TPSA) is 109 Å². The highest BCUT2D eigenvalue weighted by atomic mass is 16.5. The average molecular weight is 449 g/mol. The lowest BCUT2D eigenvalue weighted by Gasteiger charge is -2.28. The molecule has 1 fully saturated rings. The van der Waals surface area contributed by atoms with Crippen molar-refractivity contribution in [3.63, 3.8) is 0 Å². The summed E-state index contributed by atoms with van der Waals surface area (Å²) in [6.07, 6.45) is 1.48. The van der Waals surface area contributed by atoms with E-state index in [1.807, 2.05) is 0 Å². The molecule has 2 aliphatic rings. The molecule has 1 aromatic heterocycles. The van der Waals surface area contributed by atoms with Gasteiger partial charge in [-0.1, -0.05) is 24.3 Å². The number of para-hydroxylation sites is 1. The smallest absolute Gasteiger partial charge is 0.290 e. The van der Waals surface area contributed by atoms with Gasteiger partial charge in [0.05, 0.1) is 24.8 Å². The van der Waals surface area contributed by atoms with Gasteiger partial charge in [-0.2, -0.15) is 0 Å². The van der Waals surface area contributed by atoms with Crippen molar-refractivity contribution in [3.05, 3.63) is 71.2 Å². The first-order valence-corrected chi connectivity index (χ1v) is 10.7. The zero-order valence-corrected chi connectivity index (χ0v) is 18.0. The summed E-state index contributed by atoms with van der Waals surface area (Å²) < 4.78 is 16.8. The van der Waals surface area contributed by atoms with Crippen LogP contribution < -0.4 is 4.74 Å². The van der Waals surface area contributed by atoms with Gasteiger partial charge in [-0.05, 0) is 42.7 Å². The fourth-order valence-corrected chi connectivity index (χ4v) is 4.56. The third kappa shape index (κ3) is 3.62. The number of benzene rings is 2. The first kappa shape index (κ1) is 21.1. The Bertz CT molecular complexity index is 1270.